The number of hydrogen-bond donors (Lipinski definition) is 1. The van der Waals surface area contributed by atoms with Crippen LogP contribution in [-0.2, 0) is 9.59 Å². The first-order valence-electron chi connectivity index (χ1n) is 11.1. The second-order valence-electron chi connectivity index (χ2n) is 8.27. The van der Waals surface area contributed by atoms with Crippen molar-refractivity contribution < 1.29 is 28.2 Å². The summed E-state index contributed by atoms with van der Waals surface area (Å²) in [7, 11) is 0. The minimum Gasteiger partial charge on any atom is -0.507 e. The third kappa shape index (κ3) is 4.01. The minimum atomic E-state index is -1.02. The number of carbonyl (C=O) groups excluding carboxylic acids is 2. The third-order valence-electron chi connectivity index (χ3n) is 5.85. The number of rotatable bonds is 5. The number of halogens is 2. The Bertz CT molecular complexity index is 1550. The number of anilines is 1. The van der Waals surface area contributed by atoms with Crippen LogP contribution >= 0.6 is 11.3 Å². The molecule has 0 bridgehead atoms. The Morgan fingerprint density at radius 1 is 1.11 bits per heavy atom. The summed E-state index contributed by atoms with van der Waals surface area (Å²) in [5.74, 6) is -3.24. The van der Waals surface area contributed by atoms with Gasteiger partial charge in [-0.1, -0.05) is 41.2 Å². The molecule has 1 aromatic heterocycles. The Balaban J connectivity index is 1.70. The van der Waals surface area contributed by atoms with Crippen LogP contribution in [0.25, 0.3) is 16.0 Å². The summed E-state index contributed by atoms with van der Waals surface area (Å²) < 4.78 is 33.8. The number of ether oxygens (including phenoxy) is 1. The maximum Gasteiger partial charge on any atom is 0.301 e. The molecule has 0 saturated carbocycles. The van der Waals surface area contributed by atoms with Gasteiger partial charge in [-0.25, -0.2) is 13.8 Å². The average molecular weight is 507 g/mol. The van der Waals surface area contributed by atoms with Crippen molar-refractivity contribution in [3.63, 3.8) is 0 Å². The zero-order valence-corrected chi connectivity index (χ0v) is 20.1. The molecule has 1 aliphatic rings. The van der Waals surface area contributed by atoms with Crippen LogP contribution in [0.5, 0.6) is 5.75 Å². The molecular weight excluding hydrogens is 486 g/mol. The van der Waals surface area contributed by atoms with Gasteiger partial charge >= 0.3 is 5.91 Å². The number of aromatic nitrogens is 1. The highest BCUT2D eigenvalue weighted by atomic mass is 32.1. The van der Waals surface area contributed by atoms with Gasteiger partial charge in [0.1, 0.15) is 22.8 Å². The SMILES string of the molecule is CCOc1ccc(/C(O)=C2\C(=O)C(=O)N(c3nc4c(F)cc(F)cc4s3)C2c2cccc(C)c2)cc1. The number of amides is 1. The number of aliphatic hydroxyl groups excluding tert-OH is 1. The molecule has 4 aromatic rings. The van der Waals surface area contributed by atoms with Gasteiger partial charge in [-0.2, -0.15) is 0 Å². The van der Waals surface area contributed by atoms with Crippen molar-refractivity contribution in [2.24, 2.45) is 0 Å². The predicted molar refractivity (Wildman–Crippen MR) is 133 cm³/mol. The van der Waals surface area contributed by atoms with Crippen LogP contribution in [0.2, 0.25) is 0 Å². The number of carbonyl (C=O) groups is 2. The van der Waals surface area contributed by atoms with E-state index in [4.69, 9.17) is 4.74 Å². The fourth-order valence-corrected chi connectivity index (χ4v) is 5.30. The Kier molecular flexibility index (Phi) is 6.01. The maximum atomic E-state index is 14.4. The van der Waals surface area contributed by atoms with Crippen LogP contribution in [0.3, 0.4) is 0 Å². The molecule has 1 atom stereocenters. The van der Waals surface area contributed by atoms with E-state index in [0.717, 1.165) is 27.9 Å². The highest BCUT2D eigenvalue weighted by molar-refractivity contribution is 7.22. The molecule has 1 amide bonds. The molecule has 2 heterocycles. The second-order valence-corrected chi connectivity index (χ2v) is 9.28. The van der Waals surface area contributed by atoms with Gasteiger partial charge in [0, 0.05) is 11.6 Å². The van der Waals surface area contributed by atoms with Crippen LogP contribution in [0, 0.1) is 18.6 Å². The molecule has 5 rings (SSSR count). The van der Waals surface area contributed by atoms with E-state index < -0.39 is 29.4 Å². The van der Waals surface area contributed by atoms with E-state index in [1.165, 1.54) is 0 Å². The lowest BCUT2D eigenvalue weighted by atomic mass is 9.94. The zero-order valence-electron chi connectivity index (χ0n) is 19.3. The topological polar surface area (TPSA) is 79.7 Å². The van der Waals surface area contributed by atoms with Crippen molar-refractivity contribution in [3.8, 4) is 5.75 Å². The first-order valence-corrected chi connectivity index (χ1v) is 12.0. The van der Waals surface area contributed by atoms with Crippen LogP contribution < -0.4 is 9.64 Å². The van der Waals surface area contributed by atoms with E-state index in [-0.39, 0.29) is 26.7 Å². The summed E-state index contributed by atoms with van der Waals surface area (Å²) in [4.78, 5) is 31.9. The quantitative estimate of drug-likeness (QED) is 0.207. The number of fused-ring (bicyclic) bond motifs is 1. The monoisotopic (exact) mass is 506 g/mol. The van der Waals surface area contributed by atoms with E-state index >= 15 is 0 Å². The number of Topliss-reactive ketones (excluding diaryl/α,β-unsaturated/α-hetero) is 1. The first-order chi connectivity index (χ1) is 17.3. The van der Waals surface area contributed by atoms with E-state index in [2.05, 4.69) is 4.98 Å². The van der Waals surface area contributed by atoms with Crippen molar-refractivity contribution in [3.05, 3.63) is 94.6 Å². The standard InChI is InChI=1S/C27H20F2N2O4S/c1-3-35-18-9-7-15(8-10-18)24(32)21-23(16-6-4-5-14(2)11-16)31(26(34)25(21)33)27-30-22-19(29)12-17(28)13-20(22)36-27/h4-13,23,32H,3H2,1-2H3/b24-21+. The second kappa shape index (κ2) is 9.16. The smallest absolute Gasteiger partial charge is 0.301 e. The Morgan fingerprint density at radius 2 is 1.86 bits per heavy atom. The molecule has 0 aliphatic carbocycles. The lowest BCUT2D eigenvalue weighted by molar-refractivity contribution is -0.132. The molecule has 6 nitrogen and oxygen atoms in total. The molecule has 182 valence electrons. The number of thiazole rings is 1. The number of ketones is 1. The molecule has 0 radical (unpaired) electrons. The molecule has 9 heteroatoms. The van der Waals surface area contributed by atoms with E-state index in [1.54, 1.807) is 42.5 Å². The van der Waals surface area contributed by atoms with Gasteiger partial charge in [0.05, 0.1) is 22.9 Å². The Morgan fingerprint density at radius 3 is 2.56 bits per heavy atom. The number of aryl methyl sites for hydroxylation is 1. The highest BCUT2D eigenvalue weighted by Crippen LogP contribution is 2.44. The summed E-state index contributed by atoms with van der Waals surface area (Å²) >= 11 is 0.889. The van der Waals surface area contributed by atoms with Gasteiger partial charge in [-0.3, -0.25) is 14.5 Å². The van der Waals surface area contributed by atoms with Gasteiger partial charge in [-0.05, 0) is 49.7 Å². The summed E-state index contributed by atoms with van der Waals surface area (Å²) in [5, 5.41) is 11.2. The van der Waals surface area contributed by atoms with Crippen molar-refractivity contribution >= 4 is 44.1 Å². The predicted octanol–water partition coefficient (Wildman–Crippen LogP) is 5.91. The van der Waals surface area contributed by atoms with Crippen molar-refractivity contribution in [2.75, 3.05) is 11.5 Å². The van der Waals surface area contributed by atoms with Crippen LogP contribution in [-0.4, -0.2) is 28.4 Å². The van der Waals surface area contributed by atoms with Gasteiger partial charge in [0.25, 0.3) is 5.78 Å². The molecule has 1 unspecified atom stereocenters. The van der Waals surface area contributed by atoms with Crippen LogP contribution in [0.15, 0.2) is 66.2 Å². The number of benzene rings is 3. The van der Waals surface area contributed by atoms with Crippen LogP contribution in [0.4, 0.5) is 13.9 Å². The van der Waals surface area contributed by atoms with Crippen molar-refractivity contribution in [1.29, 1.82) is 0 Å². The fourth-order valence-electron chi connectivity index (χ4n) is 4.27. The molecule has 1 aliphatic heterocycles. The molecule has 0 spiro atoms. The average Bonchev–Trinajstić information content (AvgIpc) is 3.38. The maximum absolute atomic E-state index is 14.4. The Hall–Kier alpha value is -4.11. The van der Waals surface area contributed by atoms with Crippen LogP contribution in [0.1, 0.15) is 29.7 Å². The molecule has 1 fully saturated rings. The fraction of sp³-hybridized carbons (Fsp3) is 0.148. The molecule has 1 N–H and O–H groups in total. The minimum absolute atomic E-state index is 0.0221. The van der Waals surface area contributed by atoms with Gasteiger partial charge in [0.2, 0.25) is 0 Å². The highest BCUT2D eigenvalue weighted by Gasteiger charge is 2.48. The largest absolute Gasteiger partial charge is 0.507 e. The number of aliphatic hydroxyl groups is 1. The van der Waals surface area contributed by atoms with E-state index in [9.17, 15) is 23.5 Å². The van der Waals surface area contributed by atoms with E-state index in [1.807, 2.05) is 19.9 Å². The Labute approximate surface area is 209 Å². The zero-order chi connectivity index (χ0) is 25.6. The van der Waals surface area contributed by atoms with Gasteiger partial charge in [-0.15, -0.1) is 0 Å². The van der Waals surface area contributed by atoms with Gasteiger partial charge in [0.15, 0.2) is 10.9 Å². The molecule has 36 heavy (non-hydrogen) atoms. The lowest BCUT2D eigenvalue weighted by Gasteiger charge is -2.23. The van der Waals surface area contributed by atoms with Crippen molar-refractivity contribution in [1.82, 2.24) is 4.98 Å². The lowest BCUT2D eigenvalue weighted by Crippen LogP contribution is -2.29. The number of hydrogen-bond acceptors (Lipinski definition) is 6. The summed E-state index contributed by atoms with van der Waals surface area (Å²) in [6.07, 6.45) is 0. The summed E-state index contributed by atoms with van der Waals surface area (Å²) in [5.41, 5.74) is 1.53. The third-order valence-corrected chi connectivity index (χ3v) is 6.85. The molecular formula is C27H20F2N2O4S. The summed E-state index contributed by atoms with van der Waals surface area (Å²) in [6, 6.07) is 14.5. The number of nitrogens with zero attached hydrogens (tertiary/aromatic N) is 2. The van der Waals surface area contributed by atoms with Crippen molar-refractivity contribution in [2.45, 2.75) is 19.9 Å². The van der Waals surface area contributed by atoms with Gasteiger partial charge < -0.3 is 9.84 Å². The normalized spacial score (nSPS) is 17.2. The van der Waals surface area contributed by atoms with E-state index in [0.29, 0.717) is 29.5 Å². The molecule has 3 aromatic carbocycles. The molecule has 1 saturated heterocycles. The first kappa shape index (κ1) is 23.6. The summed E-state index contributed by atoms with van der Waals surface area (Å²) in [6.45, 7) is 4.17.